The summed E-state index contributed by atoms with van der Waals surface area (Å²) in [6.45, 7) is 0.354. The molecule has 0 heterocycles. The highest BCUT2D eigenvalue weighted by molar-refractivity contribution is 5.36. The lowest BCUT2D eigenvalue weighted by Crippen LogP contribution is -2.50. The van der Waals surface area contributed by atoms with Crippen LogP contribution in [0.3, 0.4) is 0 Å². The molecule has 1 aromatic rings. The van der Waals surface area contributed by atoms with Crippen molar-refractivity contribution in [2.45, 2.75) is 24.4 Å². The molecular formula is C12H16FNO2. The molecule has 1 fully saturated rings. The van der Waals surface area contributed by atoms with Gasteiger partial charge >= 0.3 is 0 Å². The predicted molar refractivity (Wildman–Crippen MR) is 58.9 cm³/mol. The van der Waals surface area contributed by atoms with Crippen molar-refractivity contribution in [2.75, 3.05) is 13.7 Å². The van der Waals surface area contributed by atoms with Crippen molar-refractivity contribution in [1.29, 1.82) is 0 Å². The first-order chi connectivity index (χ1) is 7.61. The van der Waals surface area contributed by atoms with E-state index in [2.05, 4.69) is 0 Å². The van der Waals surface area contributed by atoms with Gasteiger partial charge in [-0.3, -0.25) is 0 Å². The number of aliphatic hydroxyl groups excluding tert-OH is 1. The van der Waals surface area contributed by atoms with Crippen molar-refractivity contribution >= 4 is 0 Å². The summed E-state index contributed by atoms with van der Waals surface area (Å²) < 4.78 is 18.8. The van der Waals surface area contributed by atoms with Crippen LogP contribution < -0.4 is 10.5 Å². The highest BCUT2D eigenvalue weighted by Crippen LogP contribution is 2.44. The van der Waals surface area contributed by atoms with Gasteiger partial charge in [0.25, 0.3) is 0 Å². The average molecular weight is 225 g/mol. The van der Waals surface area contributed by atoms with Gasteiger partial charge in [-0.25, -0.2) is 4.39 Å². The summed E-state index contributed by atoms with van der Waals surface area (Å²) in [5, 5.41) is 9.36. The lowest BCUT2D eigenvalue weighted by Gasteiger charge is -2.45. The fourth-order valence-electron chi connectivity index (χ4n) is 2.39. The number of ether oxygens (including phenoxy) is 1. The molecule has 3 nitrogen and oxygen atoms in total. The lowest BCUT2D eigenvalue weighted by atomic mass is 9.62. The normalized spacial score (nSPS) is 28.6. The van der Waals surface area contributed by atoms with Crippen molar-refractivity contribution in [2.24, 2.45) is 5.73 Å². The minimum absolute atomic E-state index is 0.309. The first-order valence-electron chi connectivity index (χ1n) is 5.33. The summed E-state index contributed by atoms with van der Waals surface area (Å²) in [4.78, 5) is 0. The Hall–Kier alpha value is -1.13. The van der Waals surface area contributed by atoms with E-state index in [4.69, 9.17) is 10.5 Å². The number of aliphatic hydroxyl groups is 1. The molecule has 16 heavy (non-hydrogen) atoms. The molecule has 0 unspecified atom stereocenters. The van der Waals surface area contributed by atoms with E-state index in [1.54, 1.807) is 12.1 Å². The first-order valence-corrected chi connectivity index (χ1v) is 5.33. The Labute approximate surface area is 94.0 Å². The number of hydrogen-bond donors (Lipinski definition) is 2. The van der Waals surface area contributed by atoms with Gasteiger partial charge < -0.3 is 15.6 Å². The fraction of sp³-hybridized carbons (Fsp3) is 0.500. The molecule has 1 aliphatic rings. The summed E-state index contributed by atoms with van der Waals surface area (Å²) in [5.41, 5.74) is 5.88. The van der Waals surface area contributed by atoms with Gasteiger partial charge in [0, 0.05) is 18.0 Å². The number of hydrogen-bond acceptors (Lipinski definition) is 3. The van der Waals surface area contributed by atoms with Gasteiger partial charge in [-0.2, -0.15) is 0 Å². The van der Waals surface area contributed by atoms with Crippen LogP contribution in [0.1, 0.15) is 18.4 Å². The molecule has 1 saturated carbocycles. The maximum absolute atomic E-state index is 13.9. The third kappa shape index (κ3) is 1.68. The monoisotopic (exact) mass is 225 g/mol. The Morgan fingerprint density at radius 1 is 1.56 bits per heavy atom. The molecule has 1 aliphatic carbocycles. The van der Waals surface area contributed by atoms with Crippen LogP contribution in [-0.4, -0.2) is 24.9 Å². The van der Waals surface area contributed by atoms with E-state index in [1.807, 2.05) is 0 Å². The van der Waals surface area contributed by atoms with E-state index < -0.39 is 5.41 Å². The number of nitrogens with two attached hydrogens (primary N) is 1. The molecule has 0 radical (unpaired) electrons. The largest absolute Gasteiger partial charge is 0.497 e. The molecule has 0 aliphatic heterocycles. The molecule has 0 spiro atoms. The minimum atomic E-state index is -0.393. The Morgan fingerprint density at radius 3 is 2.69 bits per heavy atom. The van der Waals surface area contributed by atoms with Crippen LogP contribution in [0.25, 0.3) is 0 Å². The first kappa shape index (κ1) is 11.4. The molecule has 0 bridgehead atoms. The standard InChI is InChI=1S/C12H16FNO2/c1-16-9-2-3-10(11(13)4-9)12(7-14)5-8(15)6-12/h2-4,8,15H,5-7,14H2,1H3. The zero-order chi connectivity index (χ0) is 11.8. The Kier molecular flexibility index (Phi) is 2.86. The zero-order valence-corrected chi connectivity index (χ0v) is 9.24. The zero-order valence-electron chi connectivity index (χ0n) is 9.24. The van der Waals surface area contributed by atoms with Crippen LogP contribution in [0, 0.1) is 5.82 Å². The maximum atomic E-state index is 13.9. The predicted octanol–water partition coefficient (Wildman–Crippen LogP) is 1.19. The summed E-state index contributed by atoms with van der Waals surface area (Å²) in [5.74, 6) is 0.185. The van der Waals surface area contributed by atoms with Crippen molar-refractivity contribution in [3.8, 4) is 5.75 Å². The van der Waals surface area contributed by atoms with E-state index >= 15 is 0 Å². The van der Waals surface area contributed by atoms with E-state index in [0.717, 1.165) is 0 Å². The van der Waals surface area contributed by atoms with Crippen molar-refractivity contribution < 1.29 is 14.2 Å². The van der Waals surface area contributed by atoms with Gasteiger partial charge in [-0.15, -0.1) is 0 Å². The second-order valence-electron chi connectivity index (χ2n) is 4.39. The minimum Gasteiger partial charge on any atom is -0.497 e. The van der Waals surface area contributed by atoms with Crippen LogP contribution in [0.5, 0.6) is 5.75 Å². The van der Waals surface area contributed by atoms with Gasteiger partial charge in [-0.1, -0.05) is 6.07 Å². The van der Waals surface area contributed by atoms with E-state index in [-0.39, 0.29) is 11.9 Å². The van der Waals surface area contributed by atoms with Crippen molar-refractivity contribution in [3.05, 3.63) is 29.6 Å². The Balaban J connectivity index is 2.33. The molecule has 0 amide bonds. The van der Waals surface area contributed by atoms with Crippen molar-refractivity contribution in [1.82, 2.24) is 0 Å². The SMILES string of the molecule is COc1ccc(C2(CN)CC(O)C2)c(F)c1. The second-order valence-corrected chi connectivity index (χ2v) is 4.39. The highest BCUT2D eigenvalue weighted by Gasteiger charge is 2.45. The number of rotatable bonds is 3. The number of methoxy groups -OCH3 is 1. The molecular weight excluding hydrogens is 209 g/mol. The fourth-order valence-corrected chi connectivity index (χ4v) is 2.39. The lowest BCUT2D eigenvalue weighted by molar-refractivity contribution is 0.0205. The molecule has 1 aromatic carbocycles. The average Bonchev–Trinajstić information content (AvgIpc) is 2.24. The molecule has 4 heteroatoms. The summed E-state index contributed by atoms with van der Waals surface area (Å²) in [6, 6.07) is 4.78. The van der Waals surface area contributed by atoms with E-state index in [1.165, 1.54) is 13.2 Å². The summed E-state index contributed by atoms with van der Waals surface area (Å²) in [7, 11) is 1.50. The topological polar surface area (TPSA) is 55.5 Å². The van der Waals surface area contributed by atoms with Crippen LogP contribution in [-0.2, 0) is 5.41 Å². The smallest absolute Gasteiger partial charge is 0.130 e. The maximum Gasteiger partial charge on any atom is 0.130 e. The van der Waals surface area contributed by atoms with Gasteiger partial charge in [0.05, 0.1) is 13.2 Å². The van der Waals surface area contributed by atoms with E-state index in [0.29, 0.717) is 30.7 Å². The third-order valence-corrected chi connectivity index (χ3v) is 3.39. The summed E-state index contributed by atoms with van der Waals surface area (Å²) >= 11 is 0. The molecule has 3 N–H and O–H groups in total. The molecule has 2 rings (SSSR count). The quantitative estimate of drug-likeness (QED) is 0.812. The molecule has 0 saturated heterocycles. The molecule has 0 aromatic heterocycles. The van der Waals surface area contributed by atoms with Gasteiger partial charge in [0.1, 0.15) is 11.6 Å². The highest BCUT2D eigenvalue weighted by atomic mass is 19.1. The Bertz CT molecular complexity index is 389. The Morgan fingerprint density at radius 2 is 2.25 bits per heavy atom. The van der Waals surface area contributed by atoms with Crippen LogP contribution in [0.15, 0.2) is 18.2 Å². The third-order valence-electron chi connectivity index (χ3n) is 3.39. The van der Waals surface area contributed by atoms with Crippen LogP contribution >= 0.6 is 0 Å². The van der Waals surface area contributed by atoms with Gasteiger partial charge in [-0.05, 0) is 24.5 Å². The van der Waals surface area contributed by atoms with Gasteiger partial charge in [0.15, 0.2) is 0 Å². The van der Waals surface area contributed by atoms with Crippen LogP contribution in [0.4, 0.5) is 4.39 Å². The molecule has 0 atom stereocenters. The van der Waals surface area contributed by atoms with Crippen molar-refractivity contribution in [3.63, 3.8) is 0 Å². The summed E-state index contributed by atoms with van der Waals surface area (Å²) in [6.07, 6.45) is 0.713. The van der Waals surface area contributed by atoms with Gasteiger partial charge in [0.2, 0.25) is 0 Å². The number of benzene rings is 1. The number of halogens is 1. The molecule has 88 valence electrons. The second kappa shape index (κ2) is 4.03. The van der Waals surface area contributed by atoms with Crippen LogP contribution in [0.2, 0.25) is 0 Å². The van der Waals surface area contributed by atoms with E-state index in [9.17, 15) is 9.50 Å².